The topological polar surface area (TPSA) is 63.2 Å². The van der Waals surface area contributed by atoms with Crippen molar-refractivity contribution in [1.82, 2.24) is 15.6 Å². The molecule has 2 aliphatic heterocycles. The molecule has 2 aromatic heterocycles. The normalized spacial score (nSPS) is 25.7. The first kappa shape index (κ1) is 15.4. The van der Waals surface area contributed by atoms with Crippen molar-refractivity contribution in [2.24, 2.45) is 0 Å². The number of hydrogen-bond acceptors (Lipinski definition) is 7. The smallest absolute Gasteiger partial charge is 0.261 e. The summed E-state index contributed by atoms with van der Waals surface area (Å²) in [6.45, 7) is 0. The second kappa shape index (κ2) is 6.43. The molecule has 4 heterocycles. The van der Waals surface area contributed by atoms with Gasteiger partial charge in [-0.2, -0.15) is 4.98 Å². The Morgan fingerprint density at radius 1 is 1.48 bits per heavy atom. The van der Waals surface area contributed by atoms with Crippen molar-refractivity contribution >= 4 is 40.3 Å². The first-order chi connectivity index (χ1) is 11.2. The Morgan fingerprint density at radius 2 is 2.39 bits per heavy atom. The van der Waals surface area contributed by atoms with Crippen LogP contribution in [-0.4, -0.2) is 36.1 Å². The highest BCUT2D eigenvalue weighted by Gasteiger charge is 2.39. The van der Waals surface area contributed by atoms with Crippen molar-refractivity contribution in [3.63, 3.8) is 0 Å². The van der Waals surface area contributed by atoms with Crippen molar-refractivity contribution in [1.29, 1.82) is 0 Å². The zero-order chi connectivity index (χ0) is 15.8. The van der Waals surface area contributed by atoms with Gasteiger partial charge < -0.3 is 15.4 Å². The van der Waals surface area contributed by atoms with Crippen LogP contribution >= 0.6 is 34.4 Å². The Hall–Kier alpha value is -1.09. The lowest BCUT2D eigenvalue weighted by Gasteiger charge is -2.20. The molecule has 8 heteroatoms. The minimum Gasteiger partial charge on any atom is -0.480 e. The number of methoxy groups -OCH3 is 1. The van der Waals surface area contributed by atoms with E-state index in [0.717, 1.165) is 19.8 Å². The summed E-state index contributed by atoms with van der Waals surface area (Å²) in [5, 5.41) is 8.61. The van der Waals surface area contributed by atoms with Gasteiger partial charge in [-0.05, 0) is 43.2 Å². The largest absolute Gasteiger partial charge is 0.480 e. The van der Waals surface area contributed by atoms with E-state index in [-0.39, 0.29) is 11.9 Å². The molecule has 2 aliphatic rings. The van der Waals surface area contributed by atoms with Gasteiger partial charge in [-0.25, -0.2) is 0 Å². The van der Waals surface area contributed by atoms with Crippen molar-refractivity contribution in [2.45, 2.75) is 45.9 Å². The summed E-state index contributed by atoms with van der Waals surface area (Å²) in [4.78, 5) is 17.5. The zero-order valence-electron chi connectivity index (χ0n) is 12.6. The Bertz CT molecular complexity index is 714. The van der Waals surface area contributed by atoms with E-state index in [0.29, 0.717) is 18.0 Å². The summed E-state index contributed by atoms with van der Waals surface area (Å²) in [6.07, 6.45) is 3.48. The Morgan fingerprint density at radius 3 is 3.09 bits per heavy atom. The van der Waals surface area contributed by atoms with Crippen LogP contribution in [0.5, 0.6) is 5.88 Å². The number of ether oxygens (including phenoxy) is 1. The number of nitrogens with one attached hydrogen (secondary N) is 2. The van der Waals surface area contributed by atoms with Gasteiger partial charge in [-0.3, -0.25) is 4.79 Å². The summed E-state index contributed by atoms with van der Waals surface area (Å²) < 4.78 is 7.09. The molecule has 23 heavy (non-hydrogen) atoms. The number of aromatic nitrogens is 1. The van der Waals surface area contributed by atoms with Gasteiger partial charge in [0, 0.05) is 18.1 Å². The average molecular weight is 368 g/mol. The van der Waals surface area contributed by atoms with E-state index < -0.39 is 0 Å². The second-order valence-corrected chi connectivity index (χ2v) is 9.23. The van der Waals surface area contributed by atoms with Crippen molar-refractivity contribution in [3.8, 4) is 5.88 Å². The molecular formula is C15H17N3O2S3. The molecule has 3 atom stereocenters. The molecular weight excluding hydrogens is 350 g/mol. The van der Waals surface area contributed by atoms with Crippen LogP contribution in [-0.2, 0) is 0 Å². The highest BCUT2D eigenvalue weighted by Crippen LogP contribution is 2.36. The third-order valence-electron chi connectivity index (χ3n) is 4.28. The highest BCUT2D eigenvalue weighted by molar-refractivity contribution is 8.02. The minimum atomic E-state index is 0.0397. The van der Waals surface area contributed by atoms with Gasteiger partial charge in [0.05, 0.1) is 21.6 Å². The van der Waals surface area contributed by atoms with Crippen molar-refractivity contribution in [3.05, 3.63) is 22.4 Å². The number of fused-ring (bicyclic) bond motifs is 2. The van der Waals surface area contributed by atoms with Gasteiger partial charge in [0.2, 0.25) is 5.88 Å². The van der Waals surface area contributed by atoms with Gasteiger partial charge >= 0.3 is 0 Å². The second-order valence-electron chi connectivity index (χ2n) is 5.74. The molecule has 0 aliphatic carbocycles. The van der Waals surface area contributed by atoms with Gasteiger partial charge in [-0.1, -0.05) is 0 Å². The van der Waals surface area contributed by atoms with Crippen molar-refractivity contribution < 1.29 is 9.53 Å². The van der Waals surface area contributed by atoms with Gasteiger partial charge in [0.15, 0.2) is 4.34 Å². The molecule has 0 aromatic carbocycles. The molecule has 2 fully saturated rings. The first-order valence-corrected chi connectivity index (χ1v) is 10.1. The maximum absolute atomic E-state index is 12.4. The summed E-state index contributed by atoms with van der Waals surface area (Å²) in [5.41, 5.74) is 0. The van der Waals surface area contributed by atoms with E-state index in [1.165, 1.54) is 24.2 Å². The zero-order valence-corrected chi connectivity index (χ0v) is 15.0. The standard InChI is InChI=1S/C15H17N3O2S3/c1-20-12-7-21-15(18-12)23-13-5-4-11(22-13)14(19)17-10-6-8-2-3-9(10)16-8/h4-5,7-10,16H,2-3,6H2,1H3,(H,17,19)/t8-,9+,10-/m1/s1. The number of hydrogen-bond donors (Lipinski definition) is 2. The molecule has 1 amide bonds. The van der Waals surface area contributed by atoms with Crippen LogP contribution in [0.3, 0.4) is 0 Å². The first-order valence-electron chi connectivity index (χ1n) is 7.55. The average Bonchev–Trinajstić information content (AvgIpc) is 3.32. The highest BCUT2D eigenvalue weighted by atomic mass is 32.2. The molecule has 2 aromatic rings. The fraction of sp³-hybridized carbons (Fsp3) is 0.467. The number of thiophene rings is 1. The SMILES string of the molecule is COc1csc(Sc2ccc(C(=O)N[C@@H]3C[C@H]4CC[C@@H]3N4)s2)n1. The van der Waals surface area contributed by atoms with Gasteiger partial charge in [0.25, 0.3) is 5.91 Å². The van der Waals surface area contributed by atoms with E-state index in [2.05, 4.69) is 15.6 Å². The van der Waals surface area contributed by atoms with Crippen molar-refractivity contribution in [2.75, 3.05) is 7.11 Å². The fourth-order valence-corrected chi connectivity index (χ4v) is 6.21. The van der Waals surface area contributed by atoms with Crippen LogP contribution in [0.2, 0.25) is 0 Å². The summed E-state index contributed by atoms with van der Waals surface area (Å²) >= 11 is 4.63. The Balaban J connectivity index is 1.38. The summed E-state index contributed by atoms with van der Waals surface area (Å²) in [7, 11) is 1.61. The van der Waals surface area contributed by atoms with Crippen LogP contribution in [0.15, 0.2) is 26.1 Å². The van der Waals surface area contributed by atoms with E-state index >= 15 is 0 Å². The predicted molar refractivity (Wildman–Crippen MR) is 92.9 cm³/mol. The monoisotopic (exact) mass is 367 g/mol. The number of amides is 1. The fourth-order valence-electron chi connectivity index (χ4n) is 3.19. The lowest BCUT2D eigenvalue weighted by molar-refractivity contribution is 0.0935. The minimum absolute atomic E-state index is 0.0397. The van der Waals surface area contributed by atoms with E-state index in [1.54, 1.807) is 30.2 Å². The molecule has 0 unspecified atom stereocenters. The molecule has 0 radical (unpaired) electrons. The lowest BCUT2D eigenvalue weighted by Crippen LogP contribution is -2.42. The Kier molecular flexibility index (Phi) is 4.31. The van der Waals surface area contributed by atoms with Crippen LogP contribution in [0.1, 0.15) is 28.9 Å². The van der Waals surface area contributed by atoms with E-state index in [4.69, 9.17) is 4.74 Å². The Labute approximate surface area is 146 Å². The van der Waals surface area contributed by atoms with Gasteiger partial charge in [-0.15, -0.1) is 22.7 Å². The van der Waals surface area contributed by atoms with E-state index in [1.807, 2.05) is 17.5 Å². The molecule has 0 saturated carbocycles. The van der Waals surface area contributed by atoms with Crippen LogP contribution in [0.25, 0.3) is 0 Å². The number of nitrogens with zero attached hydrogens (tertiary/aromatic N) is 1. The third-order valence-corrected chi connectivity index (χ3v) is 7.41. The number of rotatable bonds is 5. The number of thiazole rings is 1. The molecule has 0 spiro atoms. The van der Waals surface area contributed by atoms with Crippen LogP contribution in [0.4, 0.5) is 0 Å². The third kappa shape index (κ3) is 3.26. The molecule has 5 nitrogen and oxygen atoms in total. The number of carbonyl (C=O) groups is 1. The molecule has 2 saturated heterocycles. The van der Waals surface area contributed by atoms with Crippen LogP contribution in [0, 0.1) is 0 Å². The van der Waals surface area contributed by atoms with Gasteiger partial charge in [0.1, 0.15) is 0 Å². The van der Waals surface area contributed by atoms with E-state index in [9.17, 15) is 4.79 Å². The quantitative estimate of drug-likeness (QED) is 0.851. The predicted octanol–water partition coefficient (Wildman–Crippen LogP) is 2.99. The molecule has 2 N–H and O–H groups in total. The molecule has 2 bridgehead atoms. The lowest BCUT2D eigenvalue weighted by atomic mass is 9.95. The summed E-state index contributed by atoms with van der Waals surface area (Å²) in [6, 6.07) is 5.22. The summed E-state index contributed by atoms with van der Waals surface area (Å²) in [5.74, 6) is 0.675. The number of carbonyl (C=O) groups excluding carboxylic acids is 1. The van der Waals surface area contributed by atoms with Crippen LogP contribution < -0.4 is 15.4 Å². The maximum Gasteiger partial charge on any atom is 0.261 e. The molecule has 4 rings (SSSR count). The molecule has 122 valence electrons. The maximum atomic E-state index is 12.4.